The number of benzene rings is 2. The highest BCUT2D eigenvalue weighted by Crippen LogP contribution is 2.21. The van der Waals surface area contributed by atoms with Crippen LogP contribution in [0, 0.1) is 17.0 Å². The highest BCUT2D eigenvalue weighted by molar-refractivity contribution is 5.89. The van der Waals surface area contributed by atoms with Crippen LogP contribution in [0.3, 0.4) is 0 Å². The topological polar surface area (TPSA) is 95.5 Å². The number of carbonyl (C=O) groups excluding carboxylic acids is 1. The molecule has 0 N–H and O–H groups in total. The van der Waals surface area contributed by atoms with Crippen molar-refractivity contribution in [1.29, 1.82) is 0 Å². The Morgan fingerprint density at radius 1 is 1.25 bits per heavy atom. The Balaban J connectivity index is 1.68. The Labute approximate surface area is 136 Å². The zero-order valence-electron chi connectivity index (χ0n) is 12.6. The van der Waals surface area contributed by atoms with Crippen LogP contribution in [-0.2, 0) is 4.79 Å². The van der Waals surface area contributed by atoms with Gasteiger partial charge in [0.2, 0.25) is 0 Å². The molecule has 0 atom stereocenters. The SMILES string of the molecule is Cc1nc2ccc(OC(=O)/C=C/c3ccc([N+](=O)[O-])cc3)cc2o1. The van der Waals surface area contributed by atoms with Gasteiger partial charge in [-0.05, 0) is 35.9 Å². The first-order valence-corrected chi connectivity index (χ1v) is 7.03. The lowest BCUT2D eigenvalue weighted by atomic mass is 10.2. The van der Waals surface area contributed by atoms with Gasteiger partial charge >= 0.3 is 5.97 Å². The predicted molar refractivity (Wildman–Crippen MR) is 86.5 cm³/mol. The van der Waals surface area contributed by atoms with Gasteiger partial charge in [-0.1, -0.05) is 0 Å². The van der Waals surface area contributed by atoms with Crippen molar-refractivity contribution in [2.75, 3.05) is 0 Å². The Morgan fingerprint density at radius 2 is 2.00 bits per heavy atom. The molecule has 0 bridgehead atoms. The minimum atomic E-state index is -0.566. The molecule has 0 fully saturated rings. The average molecular weight is 324 g/mol. The molecule has 120 valence electrons. The summed E-state index contributed by atoms with van der Waals surface area (Å²) in [5.41, 5.74) is 1.87. The van der Waals surface area contributed by atoms with Gasteiger partial charge in [0, 0.05) is 31.2 Å². The molecule has 0 spiro atoms. The van der Waals surface area contributed by atoms with E-state index in [9.17, 15) is 14.9 Å². The number of hydrogen-bond donors (Lipinski definition) is 0. The summed E-state index contributed by atoms with van der Waals surface area (Å²) in [6.07, 6.45) is 2.76. The van der Waals surface area contributed by atoms with E-state index in [2.05, 4.69) is 4.98 Å². The van der Waals surface area contributed by atoms with Crippen molar-refractivity contribution >= 4 is 28.8 Å². The monoisotopic (exact) mass is 324 g/mol. The van der Waals surface area contributed by atoms with E-state index in [0.717, 1.165) is 0 Å². The van der Waals surface area contributed by atoms with Crippen molar-refractivity contribution in [2.45, 2.75) is 6.92 Å². The second-order valence-electron chi connectivity index (χ2n) is 4.97. The van der Waals surface area contributed by atoms with Crippen molar-refractivity contribution in [1.82, 2.24) is 4.98 Å². The Morgan fingerprint density at radius 3 is 2.71 bits per heavy atom. The third-order valence-corrected chi connectivity index (χ3v) is 3.20. The largest absolute Gasteiger partial charge is 0.441 e. The summed E-state index contributed by atoms with van der Waals surface area (Å²) in [4.78, 5) is 26.1. The third-order valence-electron chi connectivity index (χ3n) is 3.20. The van der Waals surface area contributed by atoms with Crippen molar-refractivity contribution in [3.63, 3.8) is 0 Å². The minimum absolute atomic E-state index is 0.00891. The molecule has 0 radical (unpaired) electrons. The number of ether oxygens (including phenoxy) is 1. The number of esters is 1. The van der Waals surface area contributed by atoms with Crippen LogP contribution in [-0.4, -0.2) is 15.9 Å². The first kappa shape index (κ1) is 15.4. The fourth-order valence-electron chi connectivity index (χ4n) is 2.11. The van der Waals surface area contributed by atoms with E-state index in [-0.39, 0.29) is 5.69 Å². The van der Waals surface area contributed by atoms with Crippen LogP contribution in [0.4, 0.5) is 5.69 Å². The summed E-state index contributed by atoms with van der Waals surface area (Å²) >= 11 is 0. The van der Waals surface area contributed by atoms with E-state index >= 15 is 0 Å². The molecular weight excluding hydrogens is 312 g/mol. The summed E-state index contributed by atoms with van der Waals surface area (Å²) in [5.74, 6) is 0.312. The third kappa shape index (κ3) is 3.46. The van der Waals surface area contributed by atoms with Gasteiger partial charge < -0.3 is 9.15 Å². The lowest BCUT2D eigenvalue weighted by Gasteiger charge is -2.00. The molecule has 1 heterocycles. The molecule has 24 heavy (non-hydrogen) atoms. The summed E-state index contributed by atoms with van der Waals surface area (Å²) in [5, 5.41) is 10.6. The number of oxazole rings is 1. The number of aromatic nitrogens is 1. The van der Waals surface area contributed by atoms with E-state index < -0.39 is 10.9 Å². The zero-order valence-corrected chi connectivity index (χ0v) is 12.6. The van der Waals surface area contributed by atoms with E-state index in [1.54, 1.807) is 37.3 Å². The number of nitro benzene ring substituents is 1. The number of aryl methyl sites for hydroxylation is 1. The van der Waals surface area contributed by atoms with Gasteiger partial charge in [-0.3, -0.25) is 10.1 Å². The van der Waals surface area contributed by atoms with Crippen molar-refractivity contribution < 1.29 is 18.9 Å². The number of fused-ring (bicyclic) bond motifs is 1. The van der Waals surface area contributed by atoms with Gasteiger partial charge in [0.1, 0.15) is 11.3 Å². The molecule has 0 amide bonds. The molecule has 7 heteroatoms. The van der Waals surface area contributed by atoms with Gasteiger partial charge in [-0.25, -0.2) is 9.78 Å². The summed E-state index contributed by atoms with van der Waals surface area (Å²) in [6.45, 7) is 1.73. The van der Waals surface area contributed by atoms with Crippen LogP contribution in [0.1, 0.15) is 11.5 Å². The maximum absolute atomic E-state index is 11.8. The molecule has 7 nitrogen and oxygen atoms in total. The number of non-ortho nitro benzene ring substituents is 1. The van der Waals surface area contributed by atoms with E-state index in [4.69, 9.17) is 9.15 Å². The lowest BCUT2D eigenvalue weighted by molar-refractivity contribution is -0.384. The molecule has 0 aliphatic carbocycles. The van der Waals surface area contributed by atoms with Crippen LogP contribution in [0.25, 0.3) is 17.2 Å². The fourth-order valence-corrected chi connectivity index (χ4v) is 2.11. The summed E-state index contributed by atoms with van der Waals surface area (Å²) < 4.78 is 10.6. The van der Waals surface area contributed by atoms with E-state index in [0.29, 0.717) is 28.3 Å². The first-order chi connectivity index (χ1) is 11.5. The van der Waals surface area contributed by atoms with Crippen molar-refractivity contribution in [3.05, 3.63) is 70.1 Å². The smallest absolute Gasteiger partial charge is 0.336 e. The summed E-state index contributed by atoms with van der Waals surface area (Å²) in [7, 11) is 0. The van der Waals surface area contributed by atoms with Gasteiger partial charge in [-0.15, -0.1) is 0 Å². The van der Waals surface area contributed by atoms with Gasteiger partial charge in [0.25, 0.3) is 5.69 Å². The molecule has 0 unspecified atom stereocenters. The van der Waals surface area contributed by atoms with Crippen LogP contribution >= 0.6 is 0 Å². The Hall–Kier alpha value is -3.48. The standard InChI is InChI=1S/C17H12N2O5/c1-11-18-15-8-7-14(10-16(15)23-11)24-17(20)9-4-12-2-5-13(6-3-12)19(21)22/h2-10H,1H3/b9-4+. The second kappa shape index (κ2) is 6.33. The van der Waals surface area contributed by atoms with Gasteiger partial charge in [0.05, 0.1) is 4.92 Å². The van der Waals surface area contributed by atoms with Gasteiger partial charge in [-0.2, -0.15) is 0 Å². The predicted octanol–water partition coefficient (Wildman–Crippen LogP) is 3.66. The second-order valence-corrected chi connectivity index (χ2v) is 4.97. The molecule has 3 rings (SSSR count). The molecule has 3 aromatic rings. The molecule has 0 aliphatic rings. The number of nitrogens with zero attached hydrogens (tertiary/aromatic N) is 2. The first-order valence-electron chi connectivity index (χ1n) is 7.03. The highest BCUT2D eigenvalue weighted by atomic mass is 16.6. The fraction of sp³-hybridized carbons (Fsp3) is 0.0588. The van der Waals surface area contributed by atoms with Crippen LogP contribution in [0.5, 0.6) is 5.75 Å². The lowest BCUT2D eigenvalue weighted by Crippen LogP contribution is -2.03. The Bertz CT molecular complexity index is 941. The number of hydrogen-bond acceptors (Lipinski definition) is 6. The van der Waals surface area contributed by atoms with Gasteiger partial charge in [0.15, 0.2) is 11.5 Å². The number of carbonyl (C=O) groups is 1. The normalized spacial score (nSPS) is 11.0. The van der Waals surface area contributed by atoms with Crippen LogP contribution < -0.4 is 4.74 Å². The maximum Gasteiger partial charge on any atom is 0.336 e. The van der Waals surface area contributed by atoms with E-state index in [1.807, 2.05) is 0 Å². The molecule has 0 saturated carbocycles. The van der Waals surface area contributed by atoms with Crippen LogP contribution in [0.15, 0.2) is 53.0 Å². The molecule has 0 saturated heterocycles. The quantitative estimate of drug-likeness (QED) is 0.239. The zero-order chi connectivity index (χ0) is 17.1. The highest BCUT2D eigenvalue weighted by Gasteiger charge is 2.07. The number of nitro groups is 1. The van der Waals surface area contributed by atoms with Crippen LogP contribution in [0.2, 0.25) is 0 Å². The maximum atomic E-state index is 11.8. The van der Waals surface area contributed by atoms with Crippen molar-refractivity contribution in [3.8, 4) is 5.75 Å². The Kier molecular flexibility index (Phi) is 4.07. The molecule has 1 aromatic heterocycles. The molecule has 0 aliphatic heterocycles. The minimum Gasteiger partial charge on any atom is -0.441 e. The molecular formula is C17H12N2O5. The van der Waals surface area contributed by atoms with E-state index in [1.165, 1.54) is 24.3 Å². The van der Waals surface area contributed by atoms with Crippen molar-refractivity contribution in [2.24, 2.45) is 0 Å². The molecule has 2 aromatic carbocycles. The number of rotatable bonds is 4. The average Bonchev–Trinajstić information content (AvgIpc) is 2.92. The summed E-state index contributed by atoms with van der Waals surface area (Å²) in [6, 6.07) is 10.7.